The number of imidazole rings is 1. The molecule has 2 aromatic carbocycles. The van der Waals surface area contributed by atoms with E-state index in [-0.39, 0.29) is 17.0 Å². The highest BCUT2D eigenvalue weighted by molar-refractivity contribution is 6.06. The minimum Gasteiger partial charge on any atom is -0.495 e. The molecule has 8 heteroatoms. The zero-order chi connectivity index (χ0) is 21.5. The summed E-state index contributed by atoms with van der Waals surface area (Å²) in [6.45, 7) is 0. The highest BCUT2D eigenvalue weighted by Gasteiger charge is 2.28. The summed E-state index contributed by atoms with van der Waals surface area (Å²) in [5, 5.41) is 2.90. The molecule has 0 bridgehead atoms. The number of fused-ring (bicyclic) bond motifs is 1. The summed E-state index contributed by atoms with van der Waals surface area (Å²) in [7, 11) is 1.50. The second kappa shape index (κ2) is 7.39. The maximum absolute atomic E-state index is 14.9. The van der Waals surface area contributed by atoms with Crippen molar-refractivity contribution in [1.82, 2.24) is 14.1 Å². The van der Waals surface area contributed by atoms with E-state index >= 15 is 0 Å². The fourth-order valence-corrected chi connectivity index (χ4v) is 3.71. The molecule has 4 aromatic rings. The topological polar surface area (TPSA) is 78.2 Å². The van der Waals surface area contributed by atoms with Crippen molar-refractivity contribution in [3.05, 3.63) is 82.9 Å². The molecule has 1 amide bonds. The van der Waals surface area contributed by atoms with Gasteiger partial charge in [-0.1, -0.05) is 12.1 Å². The van der Waals surface area contributed by atoms with Crippen LogP contribution in [0.15, 0.2) is 66.1 Å². The monoisotopic (exact) mass is 418 g/mol. The van der Waals surface area contributed by atoms with Crippen molar-refractivity contribution in [2.45, 2.75) is 18.9 Å². The van der Waals surface area contributed by atoms with Crippen LogP contribution in [0.5, 0.6) is 5.75 Å². The number of amides is 1. The molecule has 2 heterocycles. The molecule has 7 nitrogen and oxygen atoms in total. The predicted molar refractivity (Wildman–Crippen MR) is 115 cm³/mol. The third-order valence-corrected chi connectivity index (χ3v) is 5.42. The fraction of sp³-hybridized carbons (Fsp3) is 0.174. The average Bonchev–Trinajstić information content (AvgIpc) is 3.47. The van der Waals surface area contributed by atoms with Crippen molar-refractivity contribution in [2.75, 3.05) is 12.4 Å². The van der Waals surface area contributed by atoms with E-state index in [0.29, 0.717) is 22.6 Å². The molecule has 0 spiro atoms. The van der Waals surface area contributed by atoms with Crippen molar-refractivity contribution in [3.63, 3.8) is 0 Å². The molecule has 1 fully saturated rings. The zero-order valence-corrected chi connectivity index (χ0v) is 16.7. The largest absolute Gasteiger partial charge is 0.495 e. The second-order valence-electron chi connectivity index (χ2n) is 7.46. The van der Waals surface area contributed by atoms with E-state index in [1.165, 1.54) is 19.5 Å². The first-order valence-electron chi connectivity index (χ1n) is 9.88. The van der Waals surface area contributed by atoms with E-state index in [1.807, 2.05) is 4.57 Å². The SMILES string of the molecule is COc1ccccc1NC(=O)c1cn(C2CC2)c2cc(-n3ccnc3)c(F)cc2c1=O. The number of ether oxygens (including phenoxy) is 1. The second-order valence-corrected chi connectivity index (χ2v) is 7.46. The number of carbonyl (C=O) groups is 1. The van der Waals surface area contributed by atoms with Crippen LogP contribution in [0.4, 0.5) is 10.1 Å². The Kier molecular flexibility index (Phi) is 4.54. The summed E-state index contributed by atoms with van der Waals surface area (Å²) >= 11 is 0. The van der Waals surface area contributed by atoms with Crippen LogP contribution in [0.3, 0.4) is 0 Å². The summed E-state index contributed by atoms with van der Waals surface area (Å²) in [5.74, 6) is -0.646. The van der Waals surface area contributed by atoms with Gasteiger partial charge in [-0.2, -0.15) is 0 Å². The van der Waals surface area contributed by atoms with E-state index < -0.39 is 17.2 Å². The first kappa shape index (κ1) is 19.0. The van der Waals surface area contributed by atoms with Crippen LogP contribution in [0, 0.1) is 5.82 Å². The summed E-state index contributed by atoms with van der Waals surface area (Å²) in [6, 6.07) is 9.95. The molecule has 2 aromatic heterocycles. The van der Waals surface area contributed by atoms with Gasteiger partial charge in [0, 0.05) is 30.0 Å². The van der Waals surface area contributed by atoms with Crippen molar-refractivity contribution < 1.29 is 13.9 Å². The minimum absolute atomic E-state index is 0.0416. The van der Waals surface area contributed by atoms with E-state index in [4.69, 9.17) is 4.74 Å². The normalized spacial score (nSPS) is 13.4. The van der Waals surface area contributed by atoms with Gasteiger partial charge in [-0.05, 0) is 37.1 Å². The number of hydrogen-bond donors (Lipinski definition) is 1. The predicted octanol–water partition coefficient (Wildman–Crippen LogP) is 3.92. The molecule has 0 aliphatic heterocycles. The molecular formula is C23H19FN4O3. The molecule has 156 valence electrons. The Labute approximate surface area is 176 Å². The van der Waals surface area contributed by atoms with E-state index in [1.54, 1.807) is 53.5 Å². The van der Waals surface area contributed by atoms with Gasteiger partial charge in [-0.3, -0.25) is 9.59 Å². The first-order chi connectivity index (χ1) is 15.1. The smallest absolute Gasteiger partial charge is 0.261 e. The zero-order valence-electron chi connectivity index (χ0n) is 16.7. The minimum atomic E-state index is -0.565. The molecule has 1 aliphatic carbocycles. The first-order valence-corrected chi connectivity index (χ1v) is 9.88. The Morgan fingerprint density at radius 2 is 2.06 bits per heavy atom. The number of para-hydroxylation sites is 2. The van der Waals surface area contributed by atoms with Crippen LogP contribution in [0.2, 0.25) is 0 Å². The lowest BCUT2D eigenvalue weighted by Gasteiger charge is -2.15. The van der Waals surface area contributed by atoms with Crippen LogP contribution >= 0.6 is 0 Å². The van der Waals surface area contributed by atoms with Crippen molar-refractivity contribution >= 4 is 22.5 Å². The number of aromatic nitrogens is 3. The standard InChI is InChI=1S/C23H19FN4O3/c1-31-21-5-3-2-4-18(21)26-23(30)16-12-28(14-6-7-14)19-11-20(27-9-8-25-13-27)17(24)10-15(19)22(16)29/h2-5,8-14H,6-7H2,1H3,(H,26,30). The number of benzene rings is 2. The van der Waals surface area contributed by atoms with Gasteiger partial charge in [-0.15, -0.1) is 0 Å². The maximum Gasteiger partial charge on any atom is 0.261 e. The summed E-state index contributed by atoms with van der Waals surface area (Å²) in [5.41, 5.74) is 0.779. The highest BCUT2D eigenvalue weighted by atomic mass is 19.1. The molecule has 0 radical (unpaired) electrons. The van der Waals surface area contributed by atoms with Gasteiger partial charge < -0.3 is 19.2 Å². The molecule has 0 unspecified atom stereocenters. The molecule has 31 heavy (non-hydrogen) atoms. The molecule has 1 aliphatic rings. The lowest BCUT2D eigenvalue weighted by Crippen LogP contribution is -2.24. The van der Waals surface area contributed by atoms with Gasteiger partial charge in [0.2, 0.25) is 5.43 Å². The molecule has 0 atom stereocenters. The summed E-state index contributed by atoms with van der Waals surface area (Å²) in [6.07, 6.45) is 8.13. The number of rotatable bonds is 5. The number of halogens is 1. The molecule has 1 saturated carbocycles. The highest BCUT2D eigenvalue weighted by Crippen LogP contribution is 2.37. The van der Waals surface area contributed by atoms with Crippen molar-refractivity contribution in [3.8, 4) is 11.4 Å². The van der Waals surface area contributed by atoms with Gasteiger partial charge in [0.1, 0.15) is 17.1 Å². The van der Waals surface area contributed by atoms with E-state index in [9.17, 15) is 14.0 Å². The molecule has 5 rings (SSSR count). The average molecular weight is 418 g/mol. The van der Waals surface area contributed by atoms with Gasteiger partial charge >= 0.3 is 0 Å². The number of methoxy groups -OCH3 is 1. The maximum atomic E-state index is 14.9. The number of nitrogens with zero attached hydrogens (tertiary/aromatic N) is 3. The Bertz CT molecular complexity index is 1360. The van der Waals surface area contributed by atoms with Crippen LogP contribution in [-0.4, -0.2) is 27.1 Å². The lowest BCUT2D eigenvalue weighted by atomic mass is 10.1. The quantitative estimate of drug-likeness (QED) is 0.533. The Balaban J connectivity index is 1.65. The van der Waals surface area contributed by atoms with Gasteiger partial charge in [0.15, 0.2) is 0 Å². The van der Waals surface area contributed by atoms with Gasteiger partial charge in [0.25, 0.3) is 5.91 Å². The number of pyridine rings is 1. The number of nitrogens with one attached hydrogen (secondary N) is 1. The van der Waals surface area contributed by atoms with Crippen molar-refractivity contribution in [1.29, 1.82) is 0 Å². The molecule has 1 N–H and O–H groups in total. The van der Waals surface area contributed by atoms with E-state index in [0.717, 1.165) is 12.8 Å². The van der Waals surface area contributed by atoms with Gasteiger partial charge in [0.05, 0.1) is 30.3 Å². The molecule has 0 saturated heterocycles. The number of anilines is 1. The van der Waals surface area contributed by atoms with Crippen LogP contribution < -0.4 is 15.5 Å². The van der Waals surface area contributed by atoms with E-state index in [2.05, 4.69) is 10.3 Å². The lowest BCUT2D eigenvalue weighted by molar-refractivity contribution is 0.102. The Hall–Kier alpha value is -3.94. The van der Waals surface area contributed by atoms with Crippen molar-refractivity contribution in [2.24, 2.45) is 0 Å². The van der Waals surface area contributed by atoms with Crippen LogP contribution in [-0.2, 0) is 0 Å². The third kappa shape index (κ3) is 3.35. The number of carbonyl (C=O) groups excluding carboxylic acids is 1. The Morgan fingerprint density at radius 1 is 1.26 bits per heavy atom. The Morgan fingerprint density at radius 3 is 2.77 bits per heavy atom. The molecular weight excluding hydrogens is 399 g/mol. The van der Waals surface area contributed by atoms with Crippen LogP contribution in [0.25, 0.3) is 16.6 Å². The van der Waals surface area contributed by atoms with Crippen LogP contribution in [0.1, 0.15) is 29.2 Å². The fourth-order valence-electron chi connectivity index (χ4n) is 3.71. The summed E-state index contributed by atoms with van der Waals surface area (Å²) < 4.78 is 23.6. The number of hydrogen-bond acceptors (Lipinski definition) is 4. The third-order valence-electron chi connectivity index (χ3n) is 5.42. The summed E-state index contributed by atoms with van der Waals surface area (Å²) in [4.78, 5) is 30.1. The van der Waals surface area contributed by atoms with Gasteiger partial charge in [-0.25, -0.2) is 9.37 Å².